The number of hydrogen-bond donors (Lipinski definition) is 1. The van der Waals surface area contributed by atoms with E-state index in [9.17, 15) is 4.79 Å². The van der Waals surface area contributed by atoms with Crippen molar-refractivity contribution in [1.82, 2.24) is 9.97 Å². The second kappa shape index (κ2) is 7.71. The summed E-state index contributed by atoms with van der Waals surface area (Å²) in [5, 5.41) is 2.99. The van der Waals surface area contributed by atoms with E-state index in [0.717, 1.165) is 24.7 Å². The van der Waals surface area contributed by atoms with Gasteiger partial charge in [-0.1, -0.05) is 13.8 Å². The van der Waals surface area contributed by atoms with Crippen LogP contribution < -0.4 is 10.2 Å². The molecule has 1 aromatic rings. The van der Waals surface area contributed by atoms with Gasteiger partial charge in [0.15, 0.2) is 0 Å². The highest BCUT2D eigenvalue weighted by Gasteiger charge is 2.05. The van der Waals surface area contributed by atoms with E-state index in [1.165, 1.54) is 12.7 Å². The third-order valence-corrected chi connectivity index (χ3v) is 2.84. The van der Waals surface area contributed by atoms with E-state index in [0.29, 0.717) is 12.4 Å². The minimum absolute atomic E-state index is 0.0884. The number of nitrogens with one attached hydrogen (secondary N) is 1. The molecule has 0 aliphatic rings. The molecule has 0 radical (unpaired) electrons. The van der Waals surface area contributed by atoms with Crippen LogP contribution in [0.1, 0.15) is 33.6 Å². The van der Waals surface area contributed by atoms with Crippen LogP contribution in [0.25, 0.3) is 0 Å². The molecule has 5 heteroatoms. The summed E-state index contributed by atoms with van der Waals surface area (Å²) in [6.45, 7) is 7.28. The Kier molecular flexibility index (Phi) is 6.25. The van der Waals surface area contributed by atoms with Crippen molar-refractivity contribution < 1.29 is 4.79 Å². The van der Waals surface area contributed by atoms with Gasteiger partial charge in [0.05, 0.1) is 6.54 Å². The van der Waals surface area contributed by atoms with E-state index in [-0.39, 0.29) is 5.78 Å². The summed E-state index contributed by atoms with van der Waals surface area (Å²) in [5.74, 6) is 2.39. The van der Waals surface area contributed by atoms with Crippen LogP contribution in [0.4, 0.5) is 11.6 Å². The number of carbonyl (C=O) groups excluding carboxylic acids is 1. The molecule has 0 fully saturated rings. The Hall–Kier alpha value is -1.65. The summed E-state index contributed by atoms with van der Waals surface area (Å²) in [4.78, 5) is 21.4. The first-order chi connectivity index (χ1) is 8.99. The van der Waals surface area contributed by atoms with Crippen LogP contribution in [-0.4, -0.2) is 35.9 Å². The summed E-state index contributed by atoms with van der Waals surface area (Å²) in [7, 11) is 2.03. The molecule has 106 valence electrons. The van der Waals surface area contributed by atoms with Gasteiger partial charge in [-0.3, -0.25) is 4.79 Å². The quantitative estimate of drug-likeness (QED) is 0.781. The van der Waals surface area contributed by atoms with Gasteiger partial charge in [0.2, 0.25) is 0 Å². The molecule has 5 nitrogen and oxygen atoms in total. The first kappa shape index (κ1) is 15.4. The van der Waals surface area contributed by atoms with Crippen molar-refractivity contribution in [3.8, 4) is 0 Å². The normalized spacial score (nSPS) is 10.6. The van der Waals surface area contributed by atoms with Gasteiger partial charge in [0, 0.05) is 19.7 Å². The zero-order valence-corrected chi connectivity index (χ0v) is 12.3. The third kappa shape index (κ3) is 6.18. The number of hydrogen-bond acceptors (Lipinski definition) is 5. The van der Waals surface area contributed by atoms with Crippen molar-refractivity contribution in [3.63, 3.8) is 0 Å². The van der Waals surface area contributed by atoms with Gasteiger partial charge in [0.1, 0.15) is 23.7 Å². The predicted octanol–water partition coefficient (Wildman–Crippen LogP) is 2.35. The molecular formula is C14H24N4O. The van der Waals surface area contributed by atoms with Crippen LogP contribution in [0.15, 0.2) is 12.4 Å². The van der Waals surface area contributed by atoms with Gasteiger partial charge in [-0.25, -0.2) is 9.97 Å². The van der Waals surface area contributed by atoms with Crippen molar-refractivity contribution in [2.75, 3.05) is 30.4 Å². The molecule has 0 saturated carbocycles. The molecule has 19 heavy (non-hydrogen) atoms. The maximum atomic E-state index is 10.9. The van der Waals surface area contributed by atoms with E-state index < -0.39 is 0 Å². The predicted molar refractivity (Wildman–Crippen MR) is 78.5 cm³/mol. The van der Waals surface area contributed by atoms with Crippen LogP contribution in [0, 0.1) is 5.92 Å². The smallest absolute Gasteiger partial charge is 0.148 e. The Morgan fingerprint density at radius 1 is 1.42 bits per heavy atom. The zero-order chi connectivity index (χ0) is 14.3. The topological polar surface area (TPSA) is 58.1 Å². The Labute approximate surface area is 115 Å². The summed E-state index contributed by atoms with van der Waals surface area (Å²) < 4.78 is 0. The molecule has 0 spiro atoms. The molecule has 0 amide bonds. The monoisotopic (exact) mass is 264 g/mol. The average molecular weight is 264 g/mol. The second-order valence-corrected chi connectivity index (χ2v) is 5.27. The molecule has 0 aromatic carbocycles. The summed E-state index contributed by atoms with van der Waals surface area (Å²) in [5.41, 5.74) is 0. The molecule has 0 atom stereocenters. The molecular weight excluding hydrogens is 240 g/mol. The highest BCUT2D eigenvalue weighted by molar-refractivity contribution is 5.80. The fraction of sp³-hybridized carbons (Fsp3) is 0.643. The highest BCUT2D eigenvalue weighted by Crippen LogP contribution is 2.14. The van der Waals surface area contributed by atoms with Crippen molar-refractivity contribution in [2.45, 2.75) is 33.6 Å². The summed E-state index contributed by atoms with van der Waals surface area (Å²) in [6.07, 6.45) is 3.88. The Bertz CT molecular complexity index is 406. The number of rotatable bonds is 8. The number of nitrogens with zero attached hydrogens (tertiary/aromatic N) is 3. The summed E-state index contributed by atoms with van der Waals surface area (Å²) >= 11 is 0. The molecule has 0 unspecified atom stereocenters. The zero-order valence-electron chi connectivity index (χ0n) is 12.3. The average Bonchev–Trinajstić information content (AvgIpc) is 2.36. The Morgan fingerprint density at radius 3 is 2.79 bits per heavy atom. The first-order valence-electron chi connectivity index (χ1n) is 6.75. The molecule has 0 bridgehead atoms. The lowest BCUT2D eigenvalue weighted by Gasteiger charge is -2.19. The SMILES string of the molecule is CC(=O)CNc1cc(N(C)CCCC(C)C)ncn1. The Morgan fingerprint density at radius 2 is 2.16 bits per heavy atom. The van der Waals surface area contributed by atoms with Crippen molar-refractivity contribution in [2.24, 2.45) is 5.92 Å². The lowest BCUT2D eigenvalue weighted by Crippen LogP contribution is -2.20. The van der Waals surface area contributed by atoms with Crippen LogP contribution >= 0.6 is 0 Å². The van der Waals surface area contributed by atoms with E-state index in [4.69, 9.17) is 0 Å². The molecule has 1 heterocycles. The van der Waals surface area contributed by atoms with Crippen molar-refractivity contribution in [1.29, 1.82) is 0 Å². The second-order valence-electron chi connectivity index (χ2n) is 5.27. The van der Waals surface area contributed by atoms with Gasteiger partial charge < -0.3 is 10.2 Å². The number of ketones is 1. The minimum atomic E-state index is 0.0884. The van der Waals surface area contributed by atoms with Gasteiger partial charge in [-0.15, -0.1) is 0 Å². The lowest BCUT2D eigenvalue weighted by molar-refractivity contribution is -0.115. The molecule has 1 N–H and O–H groups in total. The number of carbonyl (C=O) groups is 1. The Balaban J connectivity index is 2.52. The fourth-order valence-corrected chi connectivity index (χ4v) is 1.72. The van der Waals surface area contributed by atoms with Gasteiger partial charge in [-0.2, -0.15) is 0 Å². The fourth-order valence-electron chi connectivity index (χ4n) is 1.72. The standard InChI is InChI=1S/C14H24N4O/c1-11(2)6-5-7-18(4)14-8-13(16-10-17-14)15-9-12(3)19/h8,10-11H,5-7,9H2,1-4H3,(H,15,16,17). The molecule has 0 saturated heterocycles. The first-order valence-corrected chi connectivity index (χ1v) is 6.75. The van der Waals surface area contributed by atoms with Crippen LogP contribution in [-0.2, 0) is 4.79 Å². The molecule has 0 aliphatic carbocycles. The third-order valence-electron chi connectivity index (χ3n) is 2.84. The number of Topliss-reactive ketones (excluding diaryl/α,β-unsaturated/α-hetero) is 1. The van der Waals surface area contributed by atoms with E-state index >= 15 is 0 Å². The van der Waals surface area contributed by atoms with Gasteiger partial charge in [-0.05, 0) is 25.7 Å². The maximum absolute atomic E-state index is 10.9. The molecule has 1 aromatic heterocycles. The van der Waals surface area contributed by atoms with Crippen LogP contribution in [0.5, 0.6) is 0 Å². The van der Waals surface area contributed by atoms with E-state index in [1.54, 1.807) is 6.92 Å². The lowest BCUT2D eigenvalue weighted by atomic mass is 10.1. The van der Waals surface area contributed by atoms with Gasteiger partial charge in [0.25, 0.3) is 0 Å². The van der Waals surface area contributed by atoms with Crippen molar-refractivity contribution >= 4 is 17.4 Å². The molecule has 1 rings (SSSR count). The number of anilines is 2. The van der Waals surface area contributed by atoms with Crippen LogP contribution in [0.2, 0.25) is 0 Å². The summed E-state index contributed by atoms with van der Waals surface area (Å²) in [6, 6.07) is 1.87. The van der Waals surface area contributed by atoms with E-state index in [2.05, 4.69) is 34.0 Å². The van der Waals surface area contributed by atoms with Crippen molar-refractivity contribution in [3.05, 3.63) is 12.4 Å². The minimum Gasteiger partial charge on any atom is -0.363 e. The van der Waals surface area contributed by atoms with Gasteiger partial charge >= 0.3 is 0 Å². The largest absolute Gasteiger partial charge is 0.363 e. The highest BCUT2D eigenvalue weighted by atomic mass is 16.1. The van der Waals surface area contributed by atoms with E-state index in [1.807, 2.05) is 13.1 Å². The maximum Gasteiger partial charge on any atom is 0.148 e. The van der Waals surface area contributed by atoms with Crippen LogP contribution in [0.3, 0.4) is 0 Å². The number of aromatic nitrogens is 2. The molecule has 0 aliphatic heterocycles.